The zero-order chi connectivity index (χ0) is 14.7. The molecule has 0 spiro atoms. The van der Waals surface area contributed by atoms with Crippen molar-refractivity contribution in [3.8, 4) is 0 Å². The van der Waals surface area contributed by atoms with Crippen LogP contribution in [0, 0.1) is 5.82 Å². The van der Waals surface area contributed by atoms with E-state index >= 15 is 0 Å². The van der Waals surface area contributed by atoms with Gasteiger partial charge in [-0.25, -0.2) is 4.39 Å². The Kier molecular flexibility index (Phi) is 4.37. The number of carbonyl (C=O) groups excluding carboxylic acids is 1. The number of amides is 1. The maximum absolute atomic E-state index is 13.1. The number of hydrogen-bond donors (Lipinski definition) is 2. The number of rotatable bonds is 3. The quantitative estimate of drug-likeness (QED) is 0.904. The van der Waals surface area contributed by atoms with Gasteiger partial charge in [0.25, 0.3) is 5.91 Å². The number of anilines is 1. The van der Waals surface area contributed by atoms with Gasteiger partial charge >= 0.3 is 0 Å². The Bertz CT molecular complexity index is 644. The predicted molar refractivity (Wildman–Crippen MR) is 76.4 cm³/mol. The van der Waals surface area contributed by atoms with Gasteiger partial charge in [0.2, 0.25) is 0 Å². The molecule has 0 saturated heterocycles. The van der Waals surface area contributed by atoms with Crippen LogP contribution in [-0.4, -0.2) is 11.0 Å². The third kappa shape index (κ3) is 3.15. The summed E-state index contributed by atoms with van der Waals surface area (Å²) in [5, 5.41) is 12.2. The lowest BCUT2D eigenvalue weighted by Crippen LogP contribution is -2.14. The zero-order valence-corrected chi connectivity index (χ0v) is 11.5. The largest absolute Gasteiger partial charge is 0.389 e. The third-order valence-electron chi connectivity index (χ3n) is 2.84. The summed E-state index contributed by atoms with van der Waals surface area (Å²) in [6.07, 6.45) is -0.705. The van der Waals surface area contributed by atoms with Crippen LogP contribution >= 0.6 is 11.6 Å². The Morgan fingerprint density at radius 3 is 2.65 bits per heavy atom. The molecule has 2 aromatic rings. The van der Waals surface area contributed by atoms with Crippen molar-refractivity contribution in [3.63, 3.8) is 0 Å². The Morgan fingerprint density at radius 2 is 2.00 bits per heavy atom. The van der Waals surface area contributed by atoms with Crippen LogP contribution in [0.3, 0.4) is 0 Å². The molecule has 1 amide bonds. The first-order valence-corrected chi connectivity index (χ1v) is 6.40. The van der Waals surface area contributed by atoms with Crippen LogP contribution < -0.4 is 5.32 Å². The molecule has 0 heterocycles. The van der Waals surface area contributed by atoms with Crippen LogP contribution in [0.2, 0.25) is 5.02 Å². The van der Waals surface area contributed by atoms with Crippen molar-refractivity contribution in [1.29, 1.82) is 0 Å². The average Bonchev–Trinajstić information content (AvgIpc) is 2.42. The number of carbonyl (C=O) groups is 1. The molecule has 20 heavy (non-hydrogen) atoms. The average molecular weight is 294 g/mol. The molecular weight excluding hydrogens is 281 g/mol. The molecule has 3 nitrogen and oxygen atoms in total. The molecule has 1 unspecified atom stereocenters. The van der Waals surface area contributed by atoms with Gasteiger partial charge in [-0.3, -0.25) is 4.79 Å². The number of benzene rings is 2. The normalized spacial score (nSPS) is 12.0. The number of hydrogen-bond acceptors (Lipinski definition) is 2. The van der Waals surface area contributed by atoms with E-state index < -0.39 is 17.8 Å². The Hall–Kier alpha value is -1.91. The lowest BCUT2D eigenvalue weighted by molar-refractivity contribution is 0.102. The van der Waals surface area contributed by atoms with Crippen LogP contribution in [-0.2, 0) is 0 Å². The monoisotopic (exact) mass is 293 g/mol. The summed E-state index contributed by atoms with van der Waals surface area (Å²) in [4.78, 5) is 12.1. The van der Waals surface area contributed by atoms with Crippen LogP contribution in [0.15, 0.2) is 42.5 Å². The molecule has 2 rings (SSSR count). The second kappa shape index (κ2) is 6.03. The Morgan fingerprint density at radius 1 is 1.30 bits per heavy atom. The summed E-state index contributed by atoms with van der Waals surface area (Å²) in [5.41, 5.74) is 1.36. The van der Waals surface area contributed by atoms with Crippen molar-refractivity contribution in [3.05, 3.63) is 64.4 Å². The van der Waals surface area contributed by atoms with Crippen molar-refractivity contribution < 1.29 is 14.3 Å². The fourth-order valence-corrected chi connectivity index (χ4v) is 1.99. The van der Waals surface area contributed by atoms with E-state index in [0.29, 0.717) is 11.3 Å². The SMILES string of the molecule is CC(O)c1ccccc1NC(=O)c1ccc(F)c(Cl)c1. The van der Waals surface area contributed by atoms with Crippen molar-refractivity contribution in [2.24, 2.45) is 0 Å². The molecule has 0 fully saturated rings. The highest BCUT2D eigenvalue weighted by Gasteiger charge is 2.12. The highest BCUT2D eigenvalue weighted by atomic mass is 35.5. The van der Waals surface area contributed by atoms with Gasteiger partial charge < -0.3 is 10.4 Å². The summed E-state index contributed by atoms with van der Waals surface area (Å²) in [6, 6.07) is 10.7. The molecule has 0 radical (unpaired) electrons. The molecule has 1 atom stereocenters. The minimum absolute atomic E-state index is 0.110. The number of aliphatic hydroxyl groups is 1. The molecular formula is C15H13ClFNO2. The van der Waals surface area contributed by atoms with Crippen molar-refractivity contribution in [1.82, 2.24) is 0 Å². The lowest BCUT2D eigenvalue weighted by Gasteiger charge is -2.13. The first-order chi connectivity index (χ1) is 9.49. The topological polar surface area (TPSA) is 49.3 Å². The van der Waals surface area contributed by atoms with Gasteiger partial charge in [-0.15, -0.1) is 0 Å². The van der Waals surface area contributed by atoms with Gasteiger partial charge in [0.15, 0.2) is 0 Å². The van der Waals surface area contributed by atoms with E-state index in [0.717, 1.165) is 6.07 Å². The van der Waals surface area contributed by atoms with Crippen LogP contribution in [0.1, 0.15) is 28.9 Å². The highest BCUT2D eigenvalue weighted by Crippen LogP contribution is 2.23. The Balaban J connectivity index is 2.26. The molecule has 0 aromatic heterocycles. The fourth-order valence-electron chi connectivity index (χ4n) is 1.81. The van der Waals surface area contributed by atoms with E-state index in [1.165, 1.54) is 12.1 Å². The standard InChI is InChI=1S/C15H13ClFNO2/c1-9(19)11-4-2-3-5-14(11)18-15(20)10-6-7-13(17)12(16)8-10/h2-9,19H,1H3,(H,18,20). The fraction of sp³-hybridized carbons (Fsp3) is 0.133. The summed E-state index contributed by atoms with van der Waals surface area (Å²) in [7, 11) is 0. The molecule has 0 bridgehead atoms. The maximum Gasteiger partial charge on any atom is 0.255 e. The van der Waals surface area contributed by atoms with Gasteiger partial charge in [0.1, 0.15) is 5.82 Å². The summed E-state index contributed by atoms with van der Waals surface area (Å²) < 4.78 is 13.1. The van der Waals surface area contributed by atoms with E-state index in [4.69, 9.17) is 11.6 Å². The van der Waals surface area contributed by atoms with Gasteiger partial charge in [-0.1, -0.05) is 29.8 Å². The predicted octanol–water partition coefficient (Wildman–Crippen LogP) is 3.78. The van der Waals surface area contributed by atoms with Crippen molar-refractivity contribution in [2.45, 2.75) is 13.0 Å². The van der Waals surface area contributed by atoms with Gasteiger partial charge in [-0.05, 0) is 31.2 Å². The maximum atomic E-state index is 13.1. The van der Waals surface area contributed by atoms with Crippen LogP contribution in [0.25, 0.3) is 0 Å². The van der Waals surface area contributed by atoms with Crippen LogP contribution in [0.4, 0.5) is 10.1 Å². The zero-order valence-electron chi connectivity index (χ0n) is 10.7. The first kappa shape index (κ1) is 14.5. The molecule has 0 saturated carbocycles. The number of para-hydroxylation sites is 1. The number of halogens is 2. The van der Waals surface area contributed by atoms with E-state index in [1.807, 2.05) is 0 Å². The van der Waals surface area contributed by atoms with Crippen LogP contribution in [0.5, 0.6) is 0 Å². The van der Waals surface area contributed by atoms with E-state index in [9.17, 15) is 14.3 Å². The molecule has 0 aliphatic rings. The molecule has 0 aliphatic carbocycles. The summed E-state index contributed by atoms with van der Waals surface area (Å²) >= 11 is 5.65. The van der Waals surface area contributed by atoms with E-state index in [-0.39, 0.29) is 10.6 Å². The minimum atomic E-state index is -0.705. The van der Waals surface area contributed by atoms with Gasteiger partial charge in [0.05, 0.1) is 11.1 Å². The third-order valence-corrected chi connectivity index (χ3v) is 3.13. The van der Waals surface area contributed by atoms with E-state index in [1.54, 1.807) is 31.2 Å². The van der Waals surface area contributed by atoms with Gasteiger partial charge in [0, 0.05) is 16.8 Å². The smallest absolute Gasteiger partial charge is 0.255 e. The molecule has 2 aromatic carbocycles. The molecule has 5 heteroatoms. The molecule has 0 aliphatic heterocycles. The minimum Gasteiger partial charge on any atom is -0.389 e. The Labute approximate surface area is 121 Å². The molecule has 104 valence electrons. The van der Waals surface area contributed by atoms with Gasteiger partial charge in [-0.2, -0.15) is 0 Å². The summed E-state index contributed by atoms with van der Waals surface area (Å²) in [6.45, 7) is 1.61. The first-order valence-electron chi connectivity index (χ1n) is 6.02. The lowest BCUT2D eigenvalue weighted by atomic mass is 10.1. The summed E-state index contributed by atoms with van der Waals surface area (Å²) in [5.74, 6) is -0.993. The van der Waals surface area contributed by atoms with E-state index in [2.05, 4.69) is 5.32 Å². The second-order valence-electron chi connectivity index (χ2n) is 4.35. The second-order valence-corrected chi connectivity index (χ2v) is 4.75. The highest BCUT2D eigenvalue weighted by molar-refractivity contribution is 6.31. The molecule has 2 N–H and O–H groups in total. The van der Waals surface area contributed by atoms with Crippen molar-refractivity contribution >= 4 is 23.2 Å². The van der Waals surface area contributed by atoms with Crippen molar-refractivity contribution in [2.75, 3.05) is 5.32 Å². The number of aliphatic hydroxyl groups excluding tert-OH is 1. The number of nitrogens with one attached hydrogen (secondary N) is 1.